The van der Waals surface area contributed by atoms with Gasteiger partial charge in [0.15, 0.2) is 22.8 Å². The fraction of sp³-hybridized carbons (Fsp3) is 0.105. The van der Waals surface area contributed by atoms with Crippen LogP contribution in [-0.2, 0) is 0 Å². The summed E-state index contributed by atoms with van der Waals surface area (Å²) in [6.07, 6.45) is 0. The van der Waals surface area contributed by atoms with E-state index in [-0.39, 0.29) is 28.2 Å². The normalized spacial score (nSPS) is 10.4. The van der Waals surface area contributed by atoms with Gasteiger partial charge in [0.1, 0.15) is 5.56 Å². The first-order valence-corrected chi connectivity index (χ1v) is 8.03. The van der Waals surface area contributed by atoms with Gasteiger partial charge in [0, 0.05) is 5.39 Å². The predicted octanol–water partition coefficient (Wildman–Crippen LogP) is 1.59. The number of hydrogen-bond donors (Lipinski definition) is 3. The van der Waals surface area contributed by atoms with E-state index in [2.05, 4.69) is 10.9 Å². The van der Waals surface area contributed by atoms with Crippen LogP contribution in [0, 0.1) is 0 Å². The zero-order valence-electron chi connectivity index (χ0n) is 14.9. The molecule has 0 spiro atoms. The molecule has 0 aliphatic rings. The van der Waals surface area contributed by atoms with E-state index in [4.69, 9.17) is 13.9 Å². The Labute approximate surface area is 158 Å². The Morgan fingerprint density at radius 2 is 1.54 bits per heavy atom. The Hall–Kier alpha value is -4.01. The molecule has 0 fully saturated rings. The number of rotatable bonds is 4. The Morgan fingerprint density at radius 1 is 0.929 bits per heavy atom. The van der Waals surface area contributed by atoms with Crippen molar-refractivity contribution >= 4 is 22.8 Å². The van der Waals surface area contributed by atoms with Crippen LogP contribution < -0.4 is 26.0 Å². The standard InChI is InChI=1S/C19H16N2O7/c1-26-13-7-4-6-11(15(13)22)17(23)20-21-18(24)12-9-10-5-3-8-14(27-2)16(10)28-19(12)25/h3-9,22H,1-2H3,(H,20,23)(H,21,24). The Kier molecular flexibility index (Phi) is 5.16. The average Bonchev–Trinajstić information content (AvgIpc) is 2.71. The first-order chi connectivity index (χ1) is 13.5. The van der Waals surface area contributed by atoms with Crippen molar-refractivity contribution in [1.29, 1.82) is 0 Å². The third-order valence-electron chi connectivity index (χ3n) is 3.94. The molecule has 0 radical (unpaired) electrons. The molecular weight excluding hydrogens is 368 g/mol. The van der Waals surface area contributed by atoms with Crippen molar-refractivity contribution < 1.29 is 28.6 Å². The maximum absolute atomic E-state index is 12.3. The fourth-order valence-corrected chi connectivity index (χ4v) is 2.56. The molecule has 2 aromatic carbocycles. The van der Waals surface area contributed by atoms with Gasteiger partial charge in [0.25, 0.3) is 11.8 Å². The Bertz CT molecular complexity index is 1120. The van der Waals surface area contributed by atoms with E-state index in [9.17, 15) is 19.5 Å². The molecule has 9 nitrogen and oxygen atoms in total. The van der Waals surface area contributed by atoms with Crippen molar-refractivity contribution in [3.8, 4) is 17.2 Å². The Balaban J connectivity index is 1.81. The largest absolute Gasteiger partial charge is 0.504 e. The van der Waals surface area contributed by atoms with Gasteiger partial charge in [0.05, 0.1) is 19.8 Å². The molecular formula is C19H16N2O7. The van der Waals surface area contributed by atoms with Gasteiger partial charge in [-0.05, 0) is 24.3 Å². The summed E-state index contributed by atoms with van der Waals surface area (Å²) < 4.78 is 15.2. The number of aromatic hydroxyl groups is 1. The van der Waals surface area contributed by atoms with E-state index in [0.717, 1.165) is 0 Å². The van der Waals surface area contributed by atoms with Crippen LogP contribution in [0.4, 0.5) is 0 Å². The van der Waals surface area contributed by atoms with Crippen LogP contribution in [0.5, 0.6) is 17.2 Å². The number of phenols is 1. The first kappa shape index (κ1) is 18.8. The highest BCUT2D eigenvalue weighted by atomic mass is 16.5. The lowest BCUT2D eigenvalue weighted by Gasteiger charge is -2.10. The van der Waals surface area contributed by atoms with Crippen molar-refractivity contribution in [2.75, 3.05) is 14.2 Å². The van der Waals surface area contributed by atoms with Gasteiger partial charge in [-0.2, -0.15) is 0 Å². The van der Waals surface area contributed by atoms with Gasteiger partial charge < -0.3 is 19.0 Å². The molecule has 3 N–H and O–H groups in total. The molecule has 0 saturated carbocycles. The van der Waals surface area contributed by atoms with Gasteiger partial charge in [-0.25, -0.2) is 4.79 Å². The van der Waals surface area contributed by atoms with Crippen molar-refractivity contribution in [2.45, 2.75) is 0 Å². The van der Waals surface area contributed by atoms with Crippen LogP contribution in [0.3, 0.4) is 0 Å². The number of benzene rings is 2. The number of fused-ring (bicyclic) bond motifs is 1. The molecule has 0 aliphatic carbocycles. The lowest BCUT2D eigenvalue weighted by atomic mass is 10.1. The summed E-state index contributed by atoms with van der Waals surface area (Å²) in [4.78, 5) is 36.6. The van der Waals surface area contributed by atoms with Gasteiger partial charge in [-0.15, -0.1) is 0 Å². The summed E-state index contributed by atoms with van der Waals surface area (Å²) in [5, 5.41) is 10.5. The smallest absolute Gasteiger partial charge is 0.349 e. The second kappa shape index (κ2) is 7.70. The fourth-order valence-electron chi connectivity index (χ4n) is 2.56. The number of ether oxygens (including phenoxy) is 2. The van der Waals surface area contributed by atoms with Crippen LogP contribution in [0.2, 0.25) is 0 Å². The number of phenolic OH excluding ortho intramolecular Hbond substituents is 1. The second-order valence-corrected chi connectivity index (χ2v) is 5.59. The summed E-state index contributed by atoms with van der Waals surface area (Å²) >= 11 is 0. The number of hydrazine groups is 1. The van der Waals surface area contributed by atoms with E-state index in [1.807, 2.05) is 0 Å². The van der Waals surface area contributed by atoms with Gasteiger partial charge in [0.2, 0.25) is 0 Å². The number of methoxy groups -OCH3 is 2. The zero-order chi connectivity index (χ0) is 20.3. The summed E-state index contributed by atoms with van der Waals surface area (Å²) in [5.41, 5.74) is 3.13. The molecule has 9 heteroatoms. The summed E-state index contributed by atoms with van der Waals surface area (Å²) in [6.45, 7) is 0. The molecule has 0 aliphatic heterocycles. The third kappa shape index (κ3) is 3.45. The predicted molar refractivity (Wildman–Crippen MR) is 98.6 cm³/mol. The molecule has 2 amide bonds. The molecule has 0 bridgehead atoms. The van der Waals surface area contributed by atoms with Crippen LogP contribution in [0.25, 0.3) is 11.0 Å². The van der Waals surface area contributed by atoms with Crippen molar-refractivity contribution in [3.05, 3.63) is 64.0 Å². The lowest BCUT2D eigenvalue weighted by molar-refractivity contribution is 0.0842. The maximum Gasteiger partial charge on any atom is 0.349 e. The quantitative estimate of drug-likeness (QED) is 0.460. The summed E-state index contributed by atoms with van der Waals surface area (Å²) in [6, 6.07) is 10.6. The molecule has 0 saturated heterocycles. The molecule has 28 heavy (non-hydrogen) atoms. The highest BCUT2D eigenvalue weighted by Gasteiger charge is 2.18. The average molecular weight is 384 g/mol. The number of nitrogens with one attached hydrogen (secondary N) is 2. The minimum Gasteiger partial charge on any atom is -0.504 e. The van der Waals surface area contributed by atoms with Crippen molar-refractivity contribution in [2.24, 2.45) is 0 Å². The van der Waals surface area contributed by atoms with Crippen LogP contribution in [-0.4, -0.2) is 31.1 Å². The minimum atomic E-state index is -0.895. The molecule has 1 aromatic heterocycles. The SMILES string of the molecule is COc1cccc(C(=O)NNC(=O)c2cc3cccc(OC)c3oc2=O)c1O. The third-order valence-corrected chi connectivity index (χ3v) is 3.94. The van der Waals surface area contributed by atoms with Crippen molar-refractivity contribution in [1.82, 2.24) is 10.9 Å². The van der Waals surface area contributed by atoms with E-state index in [0.29, 0.717) is 11.1 Å². The lowest BCUT2D eigenvalue weighted by Crippen LogP contribution is -2.43. The summed E-state index contributed by atoms with van der Waals surface area (Å²) in [5.74, 6) is -1.61. The Morgan fingerprint density at radius 3 is 2.21 bits per heavy atom. The van der Waals surface area contributed by atoms with E-state index >= 15 is 0 Å². The number of carbonyl (C=O) groups excluding carboxylic acids is 2. The van der Waals surface area contributed by atoms with Gasteiger partial charge in [-0.3, -0.25) is 20.4 Å². The number of hydrogen-bond acceptors (Lipinski definition) is 7. The highest BCUT2D eigenvalue weighted by molar-refractivity contribution is 6.01. The van der Waals surface area contributed by atoms with E-state index in [1.165, 1.54) is 38.5 Å². The summed E-state index contributed by atoms with van der Waals surface area (Å²) in [7, 11) is 2.77. The monoisotopic (exact) mass is 384 g/mol. The molecule has 144 valence electrons. The second-order valence-electron chi connectivity index (χ2n) is 5.59. The zero-order valence-corrected chi connectivity index (χ0v) is 14.9. The van der Waals surface area contributed by atoms with Crippen LogP contribution in [0.15, 0.2) is 51.7 Å². The van der Waals surface area contributed by atoms with Crippen LogP contribution >= 0.6 is 0 Å². The minimum absolute atomic E-state index is 0.100. The number of carbonyl (C=O) groups is 2. The van der Waals surface area contributed by atoms with E-state index in [1.54, 1.807) is 18.2 Å². The number of para-hydroxylation sites is 2. The highest BCUT2D eigenvalue weighted by Crippen LogP contribution is 2.29. The first-order valence-electron chi connectivity index (χ1n) is 8.03. The molecule has 0 atom stereocenters. The molecule has 0 unspecified atom stereocenters. The molecule has 3 aromatic rings. The molecule has 3 rings (SSSR count). The van der Waals surface area contributed by atoms with Crippen molar-refractivity contribution in [3.63, 3.8) is 0 Å². The van der Waals surface area contributed by atoms with E-state index < -0.39 is 17.4 Å². The maximum atomic E-state index is 12.3. The van der Waals surface area contributed by atoms with Crippen LogP contribution in [0.1, 0.15) is 20.7 Å². The molecule has 1 heterocycles. The van der Waals surface area contributed by atoms with Gasteiger partial charge in [-0.1, -0.05) is 18.2 Å². The topological polar surface area (TPSA) is 127 Å². The number of amides is 2. The van der Waals surface area contributed by atoms with Gasteiger partial charge >= 0.3 is 5.63 Å².